The van der Waals surface area contributed by atoms with Gasteiger partial charge < -0.3 is 10.2 Å². The van der Waals surface area contributed by atoms with Gasteiger partial charge in [-0.2, -0.15) is 0 Å². The number of nitrogens with zero attached hydrogens (tertiary/aromatic N) is 2. The highest BCUT2D eigenvalue weighted by Crippen LogP contribution is 2.65. The number of pyridine rings is 1. The number of hydrogen-bond acceptors (Lipinski definition) is 3. The van der Waals surface area contributed by atoms with E-state index in [1.807, 2.05) is 19.1 Å². The molecule has 7 atom stereocenters. The first kappa shape index (κ1) is 21.6. The molecule has 1 aliphatic heterocycles. The van der Waals surface area contributed by atoms with Gasteiger partial charge in [0.05, 0.1) is 0 Å². The minimum atomic E-state index is -0.602. The molecular formula is C26H34FN3O2. The van der Waals surface area contributed by atoms with Gasteiger partial charge in [0, 0.05) is 30.6 Å². The smallest absolute Gasteiger partial charge is 0.282 e. The molecule has 5 rings (SSSR count). The minimum absolute atomic E-state index is 0.0232. The second kappa shape index (κ2) is 7.39. The Morgan fingerprint density at radius 2 is 1.94 bits per heavy atom. The molecule has 0 bridgehead atoms. The summed E-state index contributed by atoms with van der Waals surface area (Å²) in [5.41, 5.74) is 0.694. The topological polar surface area (TPSA) is 62.3 Å². The van der Waals surface area contributed by atoms with E-state index in [4.69, 9.17) is 0 Å². The summed E-state index contributed by atoms with van der Waals surface area (Å²) in [4.78, 5) is 31.5. The average Bonchev–Trinajstić information content (AvgIpc) is 3.11. The number of rotatable bonds is 2. The van der Waals surface area contributed by atoms with Crippen molar-refractivity contribution in [2.75, 3.05) is 12.4 Å². The fourth-order valence-electron chi connectivity index (χ4n) is 8.02. The number of aromatic nitrogens is 1. The highest BCUT2D eigenvalue weighted by molar-refractivity contribution is 5.93. The molecule has 32 heavy (non-hydrogen) atoms. The van der Waals surface area contributed by atoms with Crippen molar-refractivity contribution in [2.24, 2.45) is 34.5 Å². The van der Waals surface area contributed by atoms with Crippen molar-refractivity contribution in [2.45, 2.75) is 65.3 Å². The van der Waals surface area contributed by atoms with E-state index in [-0.39, 0.29) is 28.7 Å². The molecule has 0 radical (unpaired) electrons. The Bertz CT molecular complexity index is 976. The molecule has 2 amide bonds. The van der Waals surface area contributed by atoms with Crippen LogP contribution in [0.1, 0.15) is 57.9 Å². The van der Waals surface area contributed by atoms with E-state index in [1.54, 1.807) is 24.2 Å². The summed E-state index contributed by atoms with van der Waals surface area (Å²) >= 11 is 0. The lowest BCUT2D eigenvalue weighted by atomic mass is 9.47. The van der Waals surface area contributed by atoms with Gasteiger partial charge in [0.2, 0.25) is 5.91 Å². The van der Waals surface area contributed by atoms with Crippen LogP contribution in [0.15, 0.2) is 30.2 Å². The summed E-state index contributed by atoms with van der Waals surface area (Å²) in [5.74, 6) is 0.870. The molecule has 0 aromatic carbocycles. The third kappa shape index (κ3) is 3.05. The Hall–Kier alpha value is -2.24. The van der Waals surface area contributed by atoms with Crippen molar-refractivity contribution in [1.82, 2.24) is 9.88 Å². The van der Waals surface area contributed by atoms with Crippen LogP contribution in [-0.2, 0) is 9.59 Å². The van der Waals surface area contributed by atoms with E-state index in [2.05, 4.69) is 24.1 Å². The minimum Gasteiger partial charge on any atom is -0.336 e. The van der Waals surface area contributed by atoms with Crippen LogP contribution >= 0.6 is 0 Å². The Balaban J connectivity index is 1.38. The van der Waals surface area contributed by atoms with Crippen LogP contribution < -0.4 is 5.32 Å². The molecule has 3 aliphatic carbocycles. The van der Waals surface area contributed by atoms with E-state index in [9.17, 15) is 14.0 Å². The highest BCUT2D eigenvalue weighted by Gasteiger charge is 2.62. The summed E-state index contributed by atoms with van der Waals surface area (Å²) in [7, 11) is 1.75. The predicted molar refractivity (Wildman–Crippen MR) is 121 cm³/mol. The largest absolute Gasteiger partial charge is 0.336 e. The van der Waals surface area contributed by atoms with Crippen LogP contribution in [0.3, 0.4) is 0 Å². The van der Waals surface area contributed by atoms with Crippen LogP contribution in [0.25, 0.3) is 0 Å². The number of carbonyl (C=O) groups is 2. The third-order valence-electron chi connectivity index (χ3n) is 9.64. The summed E-state index contributed by atoms with van der Waals surface area (Å²) in [6.45, 7) is 6.44. The maximum Gasteiger partial charge on any atom is 0.282 e. The molecule has 3 fully saturated rings. The molecule has 0 saturated heterocycles. The van der Waals surface area contributed by atoms with E-state index in [0.717, 1.165) is 44.1 Å². The van der Waals surface area contributed by atoms with Gasteiger partial charge in [-0.25, -0.2) is 9.37 Å². The van der Waals surface area contributed by atoms with Gasteiger partial charge in [-0.05, 0) is 86.3 Å². The van der Waals surface area contributed by atoms with Crippen molar-refractivity contribution in [3.63, 3.8) is 0 Å². The van der Waals surface area contributed by atoms with Crippen LogP contribution in [0, 0.1) is 41.4 Å². The van der Waals surface area contributed by atoms with E-state index < -0.39 is 11.7 Å². The molecule has 2 heterocycles. The normalized spacial score (nSPS) is 40.8. The number of anilines is 1. The monoisotopic (exact) mass is 439 g/mol. The number of halogens is 1. The number of aryl methyl sites for hydroxylation is 1. The molecule has 6 heteroatoms. The number of hydrogen-bond donors (Lipinski definition) is 1. The first-order chi connectivity index (χ1) is 15.1. The molecule has 1 aromatic heterocycles. The number of amides is 2. The van der Waals surface area contributed by atoms with Gasteiger partial charge in [-0.3, -0.25) is 9.59 Å². The molecular weight excluding hydrogens is 405 g/mol. The number of likely N-dealkylation sites (N-methyl/N-ethyl adjacent to an activating group) is 1. The summed E-state index contributed by atoms with van der Waals surface area (Å²) in [5, 5.41) is 3.06. The molecule has 2 unspecified atom stereocenters. The van der Waals surface area contributed by atoms with Gasteiger partial charge in [-0.15, -0.1) is 0 Å². The van der Waals surface area contributed by atoms with Gasteiger partial charge in [0.15, 0.2) is 5.83 Å². The molecule has 3 saturated carbocycles. The van der Waals surface area contributed by atoms with Crippen molar-refractivity contribution >= 4 is 17.6 Å². The lowest BCUT2D eigenvalue weighted by molar-refractivity contribution is -0.144. The van der Waals surface area contributed by atoms with Crippen molar-refractivity contribution in [3.05, 3.63) is 35.8 Å². The second-order valence-corrected chi connectivity index (χ2v) is 11.1. The fraction of sp³-hybridized carbons (Fsp3) is 0.654. The summed E-state index contributed by atoms with van der Waals surface area (Å²) in [6, 6.07) is 3.89. The maximum atomic E-state index is 14.6. The van der Waals surface area contributed by atoms with Crippen molar-refractivity contribution in [1.29, 1.82) is 0 Å². The highest BCUT2D eigenvalue weighted by atomic mass is 19.1. The van der Waals surface area contributed by atoms with E-state index in [0.29, 0.717) is 23.6 Å². The zero-order chi connectivity index (χ0) is 22.8. The SMILES string of the molecule is Cc1ccc(NC(=O)[C@H]2CC[C@H]3C4CC[C@H]5N(C)C(=O)C(F)=C[C@]5(C)C4CC[C@]23C)nc1. The maximum absolute atomic E-state index is 14.6. The molecule has 0 spiro atoms. The van der Waals surface area contributed by atoms with Gasteiger partial charge >= 0.3 is 0 Å². The molecule has 1 aromatic rings. The van der Waals surface area contributed by atoms with Crippen molar-refractivity contribution < 1.29 is 14.0 Å². The zero-order valence-corrected chi connectivity index (χ0v) is 19.5. The molecule has 5 nitrogen and oxygen atoms in total. The predicted octanol–water partition coefficient (Wildman–Crippen LogP) is 4.88. The van der Waals surface area contributed by atoms with Gasteiger partial charge in [-0.1, -0.05) is 19.9 Å². The quantitative estimate of drug-likeness (QED) is 0.714. The zero-order valence-electron chi connectivity index (χ0n) is 19.5. The molecule has 172 valence electrons. The number of carbonyl (C=O) groups excluding carboxylic acids is 2. The first-order valence-electron chi connectivity index (χ1n) is 12.0. The van der Waals surface area contributed by atoms with Gasteiger partial charge in [0.1, 0.15) is 5.82 Å². The van der Waals surface area contributed by atoms with Crippen LogP contribution in [-0.4, -0.2) is 34.8 Å². The lowest BCUT2D eigenvalue weighted by Gasteiger charge is -2.60. The van der Waals surface area contributed by atoms with E-state index in [1.165, 1.54) is 0 Å². The van der Waals surface area contributed by atoms with E-state index >= 15 is 0 Å². The second-order valence-electron chi connectivity index (χ2n) is 11.1. The summed E-state index contributed by atoms with van der Waals surface area (Å²) < 4.78 is 14.6. The van der Waals surface area contributed by atoms with Gasteiger partial charge in [0.25, 0.3) is 5.91 Å². The number of fused-ring (bicyclic) bond motifs is 5. The Morgan fingerprint density at radius 1 is 1.16 bits per heavy atom. The molecule has 1 N–H and O–H groups in total. The molecule has 4 aliphatic rings. The van der Waals surface area contributed by atoms with Crippen LogP contribution in [0.2, 0.25) is 0 Å². The standard InChI is InChI=1S/C26H34FN3O2/c1-15-5-10-22(28-14-15)29-23(31)19-8-7-17-16-6-9-21-26(3,13-20(27)24(32)30(21)4)18(16)11-12-25(17,19)2/h5,10,13-14,16-19,21H,6-9,11-12H2,1-4H3,(H,28,29,31)/t16?,17-,18?,19+,21+,25-,26+/m0/s1. The van der Waals surface area contributed by atoms with Crippen molar-refractivity contribution in [3.8, 4) is 0 Å². The van der Waals surface area contributed by atoms with Crippen LogP contribution in [0.5, 0.6) is 0 Å². The first-order valence-corrected chi connectivity index (χ1v) is 12.0. The third-order valence-corrected chi connectivity index (χ3v) is 9.64. The van der Waals surface area contributed by atoms with Crippen LogP contribution in [0.4, 0.5) is 10.2 Å². The average molecular weight is 440 g/mol. The Kier molecular flexibility index (Phi) is 4.99. The Morgan fingerprint density at radius 3 is 2.66 bits per heavy atom. The number of nitrogens with one attached hydrogen (secondary N) is 1. The fourth-order valence-corrected chi connectivity index (χ4v) is 8.02. The summed E-state index contributed by atoms with van der Waals surface area (Å²) in [6.07, 6.45) is 9.24. The lowest BCUT2D eigenvalue weighted by Crippen LogP contribution is -2.60. The Labute approximate surface area is 189 Å².